The van der Waals surface area contributed by atoms with Gasteiger partial charge in [-0.2, -0.15) is 0 Å². The summed E-state index contributed by atoms with van der Waals surface area (Å²) in [5.74, 6) is -0.0750. The van der Waals surface area contributed by atoms with E-state index < -0.39 is 0 Å². The van der Waals surface area contributed by atoms with Gasteiger partial charge in [0.1, 0.15) is 0 Å². The second-order valence-corrected chi connectivity index (χ2v) is 6.56. The standard InChI is InChI=1S/C15H14Cl2N2OS/c1-19(2)15(20)9-3-6-12(18)14(7-9)21-13-8-10(16)4-5-11(13)17/h3-8H,18H2,1-2H3. The van der Waals surface area contributed by atoms with Crippen LogP contribution in [0.5, 0.6) is 0 Å². The minimum Gasteiger partial charge on any atom is -0.398 e. The van der Waals surface area contributed by atoms with Gasteiger partial charge >= 0.3 is 0 Å². The van der Waals surface area contributed by atoms with Gasteiger partial charge in [-0.15, -0.1) is 0 Å². The highest BCUT2D eigenvalue weighted by Crippen LogP contribution is 2.38. The van der Waals surface area contributed by atoms with Crippen molar-refractivity contribution in [1.82, 2.24) is 4.90 Å². The number of amides is 1. The molecule has 0 aliphatic heterocycles. The molecule has 0 spiro atoms. The van der Waals surface area contributed by atoms with E-state index in [-0.39, 0.29) is 5.91 Å². The van der Waals surface area contributed by atoms with Crippen LogP contribution in [0.1, 0.15) is 10.4 Å². The van der Waals surface area contributed by atoms with Crippen LogP contribution in [-0.2, 0) is 0 Å². The fourth-order valence-electron chi connectivity index (χ4n) is 1.69. The lowest BCUT2D eigenvalue weighted by molar-refractivity contribution is 0.0827. The van der Waals surface area contributed by atoms with Crippen molar-refractivity contribution in [2.45, 2.75) is 9.79 Å². The summed E-state index contributed by atoms with van der Waals surface area (Å²) < 4.78 is 0. The fourth-order valence-corrected chi connectivity index (χ4v) is 3.12. The number of carbonyl (C=O) groups excluding carboxylic acids is 1. The molecule has 0 atom stereocenters. The molecule has 2 rings (SSSR count). The Morgan fingerprint density at radius 2 is 1.81 bits per heavy atom. The zero-order chi connectivity index (χ0) is 15.6. The molecule has 0 fully saturated rings. The number of halogens is 2. The topological polar surface area (TPSA) is 46.3 Å². The molecular formula is C15H14Cl2N2OS. The summed E-state index contributed by atoms with van der Waals surface area (Å²) >= 11 is 13.5. The molecule has 6 heteroatoms. The number of nitrogens with two attached hydrogens (primary N) is 1. The van der Waals surface area contributed by atoms with E-state index in [1.54, 1.807) is 50.5 Å². The molecule has 0 aromatic heterocycles. The summed E-state index contributed by atoms with van der Waals surface area (Å²) in [6, 6.07) is 10.4. The molecule has 0 aliphatic carbocycles. The van der Waals surface area contributed by atoms with Gasteiger partial charge in [0.2, 0.25) is 0 Å². The Balaban J connectivity index is 2.37. The van der Waals surface area contributed by atoms with Crippen LogP contribution in [0.3, 0.4) is 0 Å². The number of anilines is 1. The minimum absolute atomic E-state index is 0.0750. The van der Waals surface area contributed by atoms with Crippen LogP contribution >= 0.6 is 35.0 Å². The molecule has 0 heterocycles. The first-order valence-electron chi connectivity index (χ1n) is 6.12. The Labute approximate surface area is 138 Å². The summed E-state index contributed by atoms with van der Waals surface area (Å²) in [4.78, 5) is 15.1. The molecule has 2 aromatic rings. The molecule has 2 N–H and O–H groups in total. The lowest BCUT2D eigenvalue weighted by Gasteiger charge is -2.13. The molecule has 0 aliphatic rings. The van der Waals surface area contributed by atoms with Gasteiger partial charge in [-0.25, -0.2) is 0 Å². The third-order valence-corrected chi connectivity index (χ3v) is 4.59. The van der Waals surface area contributed by atoms with Crippen molar-refractivity contribution in [2.24, 2.45) is 0 Å². The van der Waals surface area contributed by atoms with E-state index in [1.165, 1.54) is 16.7 Å². The zero-order valence-corrected chi connectivity index (χ0v) is 13.9. The van der Waals surface area contributed by atoms with Crippen molar-refractivity contribution in [3.8, 4) is 0 Å². The highest BCUT2D eigenvalue weighted by atomic mass is 35.5. The van der Waals surface area contributed by atoms with Crippen LogP contribution in [0, 0.1) is 0 Å². The molecule has 0 radical (unpaired) electrons. The van der Waals surface area contributed by atoms with Crippen molar-refractivity contribution < 1.29 is 4.79 Å². The van der Waals surface area contributed by atoms with Gasteiger partial charge in [0.15, 0.2) is 0 Å². The maximum Gasteiger partial charge on any atom is 0.253 e. The monoisotopic (exact) mass is 340 g/mol. The predicted molar refractivity (Wildman–Crippen MR) is 89.5 cm³/mol. The van der Waals surface area contributed by atoms with Gasteiger partial charge in [-0.1, -0.05) is 35.0 Å². The Bertz CT molecular complexity index is 689. The van der Waals surface area contributed by atoms with E-state index >= 15 is 0 Å². The molecule has 0 unspecified atom stereocenters. The van der Waals surface area contributed by atoms with Crippen molar-refractivity contribution in [3.63, 3.8) is 0 Å². The molecule has 1 amide bonds. The van der Waals surface area contributed by atoms with E-state index in [0.717, 1.165) is 9.79 Å². The number of nitrogen functional groups attached to an aromatic ring is 1. The quantitative estimate of drug-likeness (QED) is 0.840. The molecular weight excluding hydrogens is 327 g/mol. The first-order chi connectivity index (χ1) is 9.88. The summed E-state index contributed by atoms with van der Waals surface area (Å²) in [5.41, 5.74) is 7.15. The third-order valence-electron chi connectivity index (χ3n) is 2.78. The minimum atomic E-state index is -0.0750. The van der Waals surface area contributed by atoms with Crippen LogP contribution in [0.2, 0.25) is 10.0 Å². The van der Waals surface area contributed by atoms with Gasteiger partial charge in [0.25, 0.3) is 5.91 Å². The average molecular weight is 341 g/mol. The normalized spacial score (nSPS) is 10.5. The molecule has 21 heavy (non-hydrogen) atoms. The van der Waals surface area contributed by atoms with Gasteiger partial charge in [0, 0.05) is 40.2 Å². The van der Waals surface area contributed by atoms with Gasteiger partial charge < -0.3 is 10.6 Å². The Morgan fingerprint density at radius 3 is 2.48 bits per heavy atom. The van der Waals surface area contributed by atoms with E-state index in [9.17, 15) is 4.79 Å². The lowest BCUT2D eigenvalue weighted by Crippen LogP contribution is -2.21. The summed E-state index contributed by atoms with van der Waals surface area (Å²) in [6.45, 7) is 0. The van der Waals surface area contributed by atoms with Crippen molar-refractivity contribution in [3.05, 3.63) is 52.0 Å². The number of hydrogen-bond donors (Lipinski definition) is 1. The van der Waals surface area contributed by atoms with Crippen LogP contribution in [0.4, 0.5) is 5.69 Å². The first kappa shape index (κ1) is 16.0. The van der Waals surface area contributed by atoms with Gasteiger partial charge in [-0.05, 0) is 36.4 Å². The van der Waals surface area contributed by atoms with Gasteiger partial charge in [0.05, 0.1) is 5.02 Å². The zero-order valence-electron chi connectivity index (χ0n) is 11.6. The molecule has 0 saturated heterocycles. The number of benzene rings is 2. The summed E-state index contributed by atoms with van der Waals surface area (Å²) in [5, 5.41) is 1.19. The largest absolute Gasteiger partial charge is 0.398 e. The van der Waals surface area contributed by atoms with Crippen LogP contribution in [0.15, 0.2) is 46.2 Å². The molecule has 3 nitrogen and oxygen atoms in total. The van der Waals surface area contributed by atoms with Gasteiger partial charge in [-0.3, -0.25) is 4.79 Å². The number of carbonyl (C=O) groups is 1. The number of rotatable bonds is 3. The predicted octanol–water partition coefficient (Wildman–Crippen LogP) is 4.43. The van der Waals surface area contributed by atoms with E-state index in [0.29, 0.717) is 21.3 Å². The maximum absolute atomic E-state index is 12.0. The van der Waals surface area contributed by atoms with Crippen molar-refractivity contribution >= 4 is 46.6 Å². The highest BCUT2D eigenvalue weighted by Gasteiger charge is 2.12. The van der Waals surface area contributed by atoms with Crippen LogP contribution in [0.25, 0.3) is 0 Å². The third kappa shape index (κ3) is 3.84. The maximum atomic E-state index is 12.0. The Morgan fingerprint density at radius 1 is 1.10 bits per heavy atom. The van der Waals surface area contributed by atoms with Crippen molar-refractivity contribution in [1.29, 1.82) is 0 Å². The fraction of sp³-hybridized carbons (Fsp3) is 0.133. The van der Waals surface area contributed by atoms with Crippen LogP contribution in [-0.4, -0.2) is 24.9 Å². The molecule has 110 valence electrons. The van der Waals surface area contributed by atoms with E-state index in [1.807, 2.05) is 0 Å². The Hall–Kier alpha value is -1.36. The summed E-state index contributed by atoms with van der Waals surface area (Å²) in [7, 11) is 3.42. The summed E-state index contributed by atoms with van der Waals surface area (Å²) in [6.07, 6.45) is 0. The van der Waals surface area contributed by atoms with E-state index in [2.05, 4.69) is 0 Å². The number of nitrogens with zero attached hydrogens (tertiary/aromatic N) is 1. The second kappa shape index (κ2) is 6.60. The SMILES string of the molecule is CN(C)C(=O)c1ccc(N)c(Sc2cc(Cl)ccc2Cl)c1. The Kier molecular flexibility index (Phi) is 5.04. The second-order valence-electron chi connectivity index (χ2n) is 4.63. The average Bonchev–Trinajstić information content (AvgIpc) is 2.44. The van der Waals surface area contributed by atoms with Crippen molar-refractivity contribution in [2.75, 3.05) is 19.8 Å². The molecule has 0 saturated carbocycles. The molecule has 2 aromatic carbocycles. The van der Waals surface area contributed by atoms with Crippen LogP contribution < -0.4 is 5.73 Å². The lowest BCUT2D eigenvalue weighted by atomic mass is 10.2. The smallest absolute Gasteiger partial charge is 0.253 e. The molecule has 0 bridgehead atoms. The highest BCUT2D eigenvalue weighted by molar-refractivity contribution is 7.99. The first-order valence-corrected chi connectivity index (χ1v) is 7.70. The number of hydrogen-bond acceptors (Lipinski definition) is 3. The van der Waals surface area contributed by atoms with E-state index in [4.69, 9.17) is 28.9 Å².